The number of aliphatic carboxylic acids is 1. The molecule has 0 bridgehead atoms. The van der Waals surface area contributed by atoms with Crippen LogP contribution in [0.25, 0.3) is 0 Å². The normalized spacial score (nSPS) is 44.9. The lowest BCUT2D eigenvalue weighted by Gasteiger charge is -2.73. The summed E-state index contributed by atoms with van der Waals surface area (Å²) in [5.41, 5.74) is 0.480. The number of aliphatic hydroxyl groups is 1. The van der Waals surface area contributed by atoms with E-state index in [1.165, 1.54) is 31.3 Å². The summed E-state index contributed by atoms with van der Waals surface area (Å²) in [7, 11) is 0. The summed E-state index contributed by atoms with van der Waals surface area (Å²) >= 11 is 0. The number of aliphatic hydroxyl groups excluding tert-OH is 1. The van der Waals surface area contributed by atoms with Gasteiger partial charge in [-0.1, -0.05) is 46.8 Å². The number of ether oxygens (including phenoxy) is 1. The molecule has 6 aliphatic rings. The van der Waals surface area contributed by atoms with Gasteiger partial charge in [0.1, 0.15) is 6.10 Å². The number of carboxylic acids is 1. The Balaban J connectivity index is 1.25. The standard InChI is InChI=1S/C41H65NO6/c1-25(2)27-12-18-41(22-32(44)42-21-15-26(43)24-42)20-19-39(8)28(34(27)41)10-11-30-38(7)16-14-31(48-33(45)23-36(3,4)35(46)47)37(5,6)29(38)13-17-40(30,39)9/h26-31,34,43H,1,10-24H2,2-9H3,(H,46,47)/t26-,27-,28+,29-,30+,31-,34+,38-,39+,40+,41+/m0/s1. The van der Waals surface area contributed by atoms with Crippen LogP contribution in [0.3, 0.4) is 0 Å². The summed E-state index contributed by atoms with van der Waals surface area (Å²) in [6.45, 7) is 23.5. The summed E-state index contributed by atoms with van der Waals surface area (Å²) in [5.74, 6) is 1.40. The molecule has 11 atom stereocenters. The average Bonchev–Trinajstić information content (AvgIpc) is 3.59. The smallest absolute Gasteiger partial charge is 0.309 e. The zero-order chi connectivity index (χ0) is 35.2. The Kier molecular flexibility index (Phi) is 8.86. The van der Waals surface area contributed by atoms with Crippen molar-refractivity contribution in [1.29, 1.82) is 0 Å². The van der Waals surface area contributed by atoms with Crippen LogP contribution in [-0.2, 0) is 19.1 Å². The molecule has 1 amide bonds. The lowest BCUT2D eigenvalue weighted by atomic mass is 9.32. The van der Waals surface area contributed by atoms with Gasteiger partial charge >= 0.3 is 11.9 Å². The predicted octanol–water partition coefficient (Wildman–Crippen LogP) is 8.04. The van der Waals surface area contributed by atoms with Gasteiger partial charge in [0.25, 0.3) is 0 Å². The van der Waals surface area contributed by atoms with E-state index in [1.54, 1.807) is 13.8 Å². The number of hydrogen-bond donors (Lipinski definition) is 2. The molecule has 270 valence electrons. The van der Waals surface area contributed by atoms with E-state index in [1.807, 2.05) is 4.90 Å². The van der Waals surface area contributed by atoms with Gasteiger partial charge in [0.05, 0.1) is 17.9 Å². The summed E-state index contributed by atoms with van der Waals surface area (Å²) in [6, 6.07) is 0. The highest BCUT2D eigenvalue weighted by atomic mass is 16.5. The van der Waals surface area contributed by atoms with Crippen molar-refractivity contribution < 1.29 is 29.3 Å². The fourth-order valence-corrected chi connectivity index (χ4v) is 13.8. The third kappa shape index (κ3) is 5.32. The Bertz CT molecular complexity index is 1340. The maximum Gasteiger partial charge on any atom is 0.309 e. The lowest BCUT2D eigenvalue weighted by molar-refractivity contribution is -0.250. The second kappa shape index (κ2) is 11.8. The molecule has 5 saturated carbocycles. The summed E-state index contributed by atoms with van der Waals surface area (Å²) in [4.78, 5) is 40.5. The minimum absolute atomic E-state index is 0.0296. The van der Waals surface area contributed by atoms with Gasteiger partial charge in [0.2, 0.25) is 5.91 Å². The van der Waals surface area contributed by atoms with Gasteiger partial charge < -0.3 is 19.8 Å². The van der Waals surface area contributed by atoms with Crippen molar-refractivity contribution >= 4 is 17.8 Å². The van der Waals surface area contributed by atoms with E-state index in [0.29, 0.717) is 55.5 Å². The van der Waals surface area contributed by atoms with Crippen LogP contribution in [0.5, 0.6) is 0 Å². The Hall–Kier alpha value is -1.89. The number of hydrogen-bond acceptors (Lipinski definition) is 5. The van der Waals surface area contributed by atoms with Crippen molar-refractivity contribution in [3.63, 3.8) is 0 Å². The highest BCUT2D eigenvalue weighted by Crippen LogP contribution is 2.78. The monoisotopic (exact) mass is 667 g/mol. The van der Waals surface area contributed by atoms with E-state index >= 15 is 0 Å². The molecule has 48 heavy (non-hydrogen) atoms. The van der Waals surface area contributed by atoms with Crippen LogP contribution in [0.4, 0.5) is 0 Å². The number of amides is 1. The van der Waals surface area contributed by atoms with Crippen LogP contribution in [-0.4, -0.2) is 58.3 Å². The van der Waals surface area contributed by atoms with Crippen LogP contribution in [0.2, 0.25) is 0 Å². The number of carbonyl (C=O) groups is 3. The number of rotatable bonds is 7. The van der Waals surface area contributed by atoms with Crippen molar-refractivity contribution in [3.8, 4) is 0 Å². The topological polar surface area (TPSA) is 104 Å². The quantitative estimate of drug-likeness (QED) is 0.210. The van der Waals surface area contributed by atoms with E-state index in [4.69, 9.17) is 4.74 Å². The maximum absolute atomic E-state index is 13.8. The van der Waals surface area contributed by atoms with Gasteiger partial charge in [0.15, 0.2) is 0 Å². The molecule has 7 nitrogen and oxygen atoms in total. The number of nitrogens with zero attached hydrogens (tertiary/aromatic N) is 1. The first kappa shape index (κ1) is 35.9. The molecule has 5 aliphatic carbocycles. The molecular formula is C41H65NO6. The van der Waals surface area contributed by atoms with Gasteiger partial charge in [-0.3, -0.25) is 14.4 Å². The maximum atomic E-state index is 13.8. The van der Waals surface area contributed by atoms with Gasteiger partial charge in [-0.15, -0.1) is 0 Å². The van der Waals surface area contributed by atoms with Gasteiger partial charge in [-0.2, -0.15) is 0 Å². The van der Waals surface area contributed by atoms with Crippen molar-refractivity contribution in [2.24, 2.45) is 62.1 Å². The molecule has 1 aliphatic heterocycles. The zero-order valence-corrected chi connectivity index (χ0v) is 31.3. The summed E-state index contributed by atoms with van der Waals surface area (Å²) in [6.07, 6.45) is 11.7. The molecule has 0 radical (unpaired) electrons. The SMILES string of the molecule is C=C(C)[C@@H]1CC[C@]2(CC(=O)N3CC[C@H](O)C3)CC[C@]3(C)[C@H](CC[C@@H]4[C@@]5(C)CC[C@H](OC(=O)CC(C)(C)C(=O)O)C(C)(C)[C@@H]5CC[C@]43C)[C@@H]12. The molecule has 6 rings (SSSR count). The molecule has 1 heterocycles. The molecule has 6 fully saturated rings. The number of β-amino-alcohol motifs (C(OH)–C–C–N with tert-alkyl or cyclic N) is 1. The Morgan fingerprint density at radius 3 is 2.21 bits per heavy atom. The fraction of sp³-hybridized carbons (Fsp3) is 0.878. The fourth-order valence-electron chi connectivity index (χ4n) is 13.8. The second-order valence-electron chi connectivity index (χ2n) is 19.7. The molecule has 7 heteroatoms. The van der Waals surface area contributed by atoms with Crippen LogP contribution >= 0.6 is 0 Å². The number of fused-ring (bicyclic) bond motifs is 7. The molecule has 1 saturated heterocycles. The van der Waals surface area contributed by atoms with Crippen LogP contribution in [0.1, 0.15) is 139 Å². The van der Waals surface area contributed by atoms with Crippen molar-refractivity contribution in [3.05, 3.63) is 12.2 Å². The van der Waals surface area contributed by atoms with E-state index in [9.17, 15) is 24.6 Å². The molecule has 0 unspecified atom stereocenters. The highest BCUT2D eigenvalue weighted by molar-refractivity contribution is 5.81. The van der Waals surface area contributed by atoms with Crippen molar-refractivity contribution in [1.82, 2.24) is 4.90 Å². The molecule has 0 aromatic carbocycles. The third-order valence-corrected chi connectivity index (χ3v) is 16.6. The second-order valence-corrected chi connectivity index (χ2v) is 19.7. The van der Waals surface area contributed by atoms with Gasteiger partial charge in [-0.25, -0.2) is 0 Å². The lowest BCUT2D eigenvalue weighted by Crippen LogP contribution is -2.67. The summed E-state index contributed by atoms with van der Waals surface area (Å²) in [5, 5.41) is 19.8. The van der Waals surface area contributed by atoms with Crippen molar-refractivity contribution in [2.45, 2.75) is 151 Å². The Morgan fingerprint density at radius 2 is 1.58 bits per heavy atom. The Morgan fingerprint density at radius 1 is 0.875 bits per heavy atom. The zero-order valence-electron chi connectivity index (χ0n) is 31.3. The van der Waals surface area contributed by atoms with Crippen LogP contribution in [0, 0.1) is 62.1 Å². The predicted molar refractivity (Wildman–Crippen MR) is 187 cm³/mol. The Labute approximate surface area is 290 Å². The first-order valence-electron chi connectivity index (χ1n) is 19.3. The minimum atomic E-state index is -1.14. The van der Waals surface area contributed by atoms with Crippen molar-refractivity contribution in [2.75, 3.05) is 13.1 Å². The first-order chi connectivity index (χ1) is 22.2. The largest absolute Gasteiger partial charge is 0.481 e. The highest BCUT2D eigenvalue weighted by Gasteiger charge is 2.71. The van der Waals surface area contributed by atoms with E-state index < -0.39 is 17.4 Å². The van der Waals surface area contributed by atoms with E-state index in [2.05, 4.69) is 48.1 Å². The molecule has 2 N–H and O–H groups in total. The van der Waals surface area contributed by atoms with E-state index in [-0.39, 0.29) is 51.6 Å². The number of allylic oxidation sites excluding steroid dienone is 1. The van der Waals surface area contributed by atoms with E-state index in [0.717, 1.165) is 38.5 Å². The minimum Gasteiger partial charge on any atom is -0.481 e. The summed E-state index contributed by atoms with van der Waals surface area (Å²) < 4.78 is 6.17. The number of carbonyl (C=O) groups excluding carboxylic acids is 2. The van der Waals surface area contributed by atoms with Crippen LogP contribution < -0.4 is 0 Å². The van der Waals surface area contributed by atoms with Gasteiger partial charge in [-0.05, 0) is 143 Å². The molecule has 0 spiro atoms. The molecule has 0 aromatic rings. The van der Waals surface area contributed by atoms with Gasteiger partial charge in [0, 0.05) is 24.9 Å². The number of esters is 1. The number of carboxylic acid groups (broad SMARTS) is 1. The number of likely N-dealkylation sites (tertiary alicyclic amines) is 1. The first-order valence-corrected chi connectivity index (χ1v) is 19.3. The molecular weight excluding hydrogens is 602 g/mol. The third-order valence-electron chi connectivity index (χ3n) is 16.6. The van der Waals surface area contributed by atoms with Crippen LogP contribution in [0.15, 0.2) is 12.2 Å². The average molecular weight is 668 g/mol. The molecule has 0 aromatic heterocycles.